The van der Waals surface area contributed by atoms with Crippen molar-refractivity contribution in [1.82, 2.24) is 9.13 Å². The van der Waals surface area contributed by atoms with Gasteiger partial charge >= 0.3 is 0 Å². The quantitative estimate of drug-likeness (QED) is 0.223. The molecule has 0 N–H and O–H groups in total. The van der Waals surface area contributed by atoms with Gasteiger partial charge in [0.15, 0.2) is 0 Å². The molecule has 0 amide bonds. The summed E-state index contributed by atoms with van der Waals surface area (Å²) in [5, 5.41) is 4.98. The van der Waals surface area contributed by atoms with Crippen LogP contribution in [-0.2, 0) is 0 Å². The highest BCUT2D eigenvalue weighted by Gasteiger charge is 2.41. The summed E-state index contributed by atoms with van der Waals surface area (Å²) >= 11 is 0. The third-order valence-electron chi connectivity index (χ3n) is 8.97. The molecule has 0 spiro atoms. The second kappa shape index (κ2) is 7.25. The first-order valence-corrected chi connectivity index (χ1v) is 13.8. The molecule has 10 rings (SSSR count). The van der Waals surface area contributed by atoms with E-state index >= 15 is 0 Å². The van der Waals surface area contributed by atoms with E-state index in [0.29, 0.717) is 0 Å². The monoisotopic (exact) mass is 508 g/mol. The SMILES string of the molecule is c1ccc(-n2c3ccccc3c3c4c(ccc32)B2c3c(cccc3-n3c5ccccc5c5cccc2c53)O4)cc1. The zero-order chi connectivity index (χ0) is 25.9. The van der Waals surface area contributed by atoms with E-state index in [-0.39, 0.29) is 6.71 Å². The fraction of sp³-hybridized carbons (Fsp3) is 0. The number of hydrogen-bond donors (Lipinski definition) is 0. The van der Waals surface area contributed by atoms with Gasteiger partial charge in [-0.15, -0.1) is 0 Å². The average molecular weight is 508 g/mol. The second-order valence-electron chi connectivity index (χ2n) is 10.9. The van der Waals surface area contributed by atoms with Crippen LogP contribution in [0.5, 0.6) is 11.5 Å². The van der Waals surface area contributed by atoms with Gasteiger partial charge in [-0.25, -0.2) is 0 Å². The van der Waals surface area contributed by atoms with Crippen molar-refractivity contribution in [2.24, 2.45) is 0 Å². The van der Waals surface area contributed by atoms with Gasteiger partial charge in [0.2, 0.25) is 0 Å². The van der Waals surface area contributed by atoms with Crippen LogP contribution in [0.4, 0.5) is 0 Å². The summed E-state index contributed by atoms with van der Waals surface area (Å²) in [4.78, 5) is 0. The molecule has 0 unspecified atom stereocenters. The first-order chi connectivity index (χ1) is 19.9. The topological polar surface area (TPSA) is 19.1 Å². The third kappa shape index (κ3) is 2.39. The van der Waals surface area contributed by atoms with Crippen LogP contribution in [0.2, 0.25) is 0 Å². The summed E-state index contributed by atoms with van der Waals surface area (Å²) in [6, 6.07) is 46.0. The van der Waals surface area contributed by atoms with E-state index in [1.54, 1.807) is 0 Å². The molecule has 6 aromatic carbocycles. The lowest BCUT2D eigenvalue weighted by Crippen LogP contribution is -2.58. The van der Waals surface area contributed by atoms with Gasteiger partial charge in [-0.2, -0.15) is 0 Å². The molecule has 4 heteroatoms. The van der Waals surface area contributed by atoms with E-state index in [0.717, 1.165) is 22.7 Å². The Hall–Kier alpha value is -5.22. The van der Waals surface area contributed by atoms with Crippen LogP contribution in [0.15, 0.2) is 127 Å². The van der Waals surface area contributed by atoms with Crippen LogP contribution in [0.1, 0.15) is 0 Å². The van der Waals surface area contributed by atoms with Crippen molar-refractivity contribution < 1.29 is 4.74 Å². The molecular formula is C36H21BN2O. The van der Waals surface area contributed by atoms with Crippen LogP contribution in [0.25, 0.3) is 55.0 Å². The number of aromatic nitrogens is 2. The molecule has 2 aliphatic heterocycles. The number of rotatable bonds is 1. The van der Waals surface area contributed by atoms with Crippen molar-refractivity contribution in [3.8, 4) is 22.9 Å². The highest BCUT2D eigenvalue weighted by atomic mass is 16.5. The van der Waals surface area contributed by atoms with Gasteiger partial charge in [0.25, 0.3) is 6.71 Å². The first-order valence-electron chi connectivity index (χ1n) is 13.8. The molecule has 184 valence electrons. The third-order valence-corrected chi connectivity index (χ3v) is 8.97. The Balaban J connectivity index is 1.36. The fourth-order valence-corrected chi connectivity index (χ4v) is 7.46. The van der Waals surface area contributed by atoms with Gasteiger partial charge < -0.3 is 13.9 Å². The summed E-state index contributed by atoms with van der Waals surface area (Å²) in [5.74, 6) is 1.92. The van der Waals surface area contributed by atoms with E-state index in [1.807, 2.05) is 0 Å². The number of nitrogens with zero attached hydrogens (tertiary/aromatic N) is 2. The van der Waals surface area contributed by atoms with Crippen molar-refractivity contribution in [2.45, 2.75) is 0 Å². The van der Waals surface area contributed by atoms with Gasteiger partial charge in [-0.05, 0) is 58.9 Å². The zero-order valence-corrected chi connectivity index (χ0v) is 21.5. The molecule has 2 aromatic heterocycles. The Kier molecular flexibility index (Phi) is 3.75. The van der Waals surface area contributed by atoms with Crippen molar-refractivity contribution in [3.05, 3.63) is 127 Å². The summed E-state index contributed by atoms with van der Waals surface area (Å²) in [5.41, 5.74) is 11.1. The van der Waals surface area contributed by atoms with Gasteiger partial charge in [0.05, 0.1) is 21.9 Å². The standard InChI is InChI=1S/C36H21BN2O/c1-2-10-22(11-3-1)38-29-17-7-5-13-25(29)33-30(38)21-20-27-36(33)40-32-19-9-18-31-34(32)37(27)26-15-8-14-24-23-12-4-6-16-28(23)39(31)35(24)26/h1-21H. The molecule has 3 nitrogen and oxygen atoms in total. The summed E-state index contributed by atoms with van der Waals surface area (Å²) in [6.45, 7) is 0.0960. The number of hydrogen-bond acceptors (Lipinski definition) is 1. The number of ether oxygens (including phenoxy) is 1. The second-order valence-corrected chi connectivity index (χ2v) is 10.9. The summed E-state index contributed by atoms with van der Waals surface area (Å²) in [7, 11) is 0. The minimum atomic E-state index is 0.0960. The van der Waals surface area contributed by atoms with E-state index in [4.69, 9.17) is 4.74 Å². The highest BCUT2D eigenvalue weighted by molar-refractivity contribution is 6.99. The molecule has 4 heterocycles. The number of para-hydroxylation sites is 4. The van der Waals surface area contributed by atoms with Gasteiger partial charge in [0, 0.05) is 33.1 Å². The first kappa shape index (κ1) is 20.7. The van der Waals surface area contributed by atoms with Crippen molar-refractivity contribution >= 4 is 66.7 Å². The van der Waals surface area contributed by atoms with Crippen LogP contribution < -0.4 is 21.1 Å². The van der Waals surface area contributed by atoms with Crippen molar-refractivity contribution in [1.29, 1.82) is 0 Å². The lowest BCUT2D eigenvalue weighted by molar-refractivity contribution is 0.493. The predicted molar refractivity (Wildman–Crippen MR) is 166 cm³/mol. The maximum atomic E-state index is 6.97. The van der Waals surface area contributed by atoms with Crippen LogP contribution in [-0.4, -0.2) is 15.8 Å². The molecule has 40 heavy (non-hydrogen) atoms. The normalized spacial score (nSPS) is 13.2. The molecule has 0 saturated heterocycles. The number of benzene rings is 6. The van der Waals surface area contributed by atoms with Crippen molar-refractivity contribution in [3.63, 3.8) is 0 Å². The lowest BCUT2D eigenvalue weighted by Gasteiger charge is -2.33. The fourth-order valence-electron chi connectivity index (χ4n) is 7.46. The Bertz CT molecular complexity index is 2360. The van der Waals surface area contributed by atoms with E-state index in [9.17, 15) is 0 Å². The van der Waals surface area contributed by atoms with E-state index in [1.165, 1.54) is 60.2 Å². The summed E-state index contributed by atoms with van der Waals surface area (Å²) in [6.07, 6.45) is 0. The Morgan fingerprint density at radius 2 is 1.23 bits per heavy atom. The molecule has 0 radical (unpaired) electrons. The van der Waals surface area contributed by atoms with Crippen LogP contribution >= 0.6 is 0 Å². The Labute approximate surface area is 230 Å². The van der Waals surface area contributed by atoms with E-state index in [2.05, 4.69) is 137 Å². The number of fused-ring (bicyclic) bond motifs is 11. The molecule has 0 aliphatic carbocycles. The smallest absolute Gasteiger partial charge is 0.256 e. The Morgan fingerprint density at radius 1 is 0.500 bits per heavy atom. The van der Waals surface area contributed by atoms with Crippen LogP contribution in [0, 0.1) is 0 Å². The molecule has 0 fully saturated rings. The molecule has 2 aliphatic rings. The van der Waals surface area contributed by atoms with Gasteiger partial charge in [-0.1, -0.05) is 84.9 Å². The largest absolute Gasteiger partial charge is 0.458 e. The van der Waals surface area contributed by atoms with E-state index < -0.39 is 0 Å². The predicted octanol–water partition coefficient (Wildman–Crippen LogP) is 6.82. The van der Waals surface area contributed by atoms with Gasteiger partial charge in [-0.3, -0.25) is 0 Å². The Morgan fingerprint density at radius 3 is 2.10 bits per heavy atom. The zero-order valence-electron chi connectivity index (χ0n) is 21.5. The molecule has 0 atom stereocenters. The minimum absolute atomic E-state index is 0.0960. The highest BCUT2D eigenvalue weighted by Crippen LogP contribution is 2.42. The maximum absolute atomic E-state index is 6.97. The molecule has 8 aromatic rings. The van der Waals surface area contributed by atoms with Crippen molar-refractivity contribution in [2.75, 3.05) is 0 Å². The molecule has 0 saturated carbocycles. The lowest BCUT2D eigenvalue weighted by atomic mass is 9.34. The molecular weight excluding hydrogens is 487 g/mol. The van der Waals surface area contributed by atoms with Gasteiger partial charge in [0.1, 0.15) is 11.5 Å². The van der Waals surface area contributed by atoms with Crippen LogP contribution in [0.3, 0.4) is 0 Å². The average Bonchev–Trinajstić information content (AvgIpc) is 3.54. The molecule has 0 bridgehead atoms. The minimum Gasteiger partial charge on any atom is -0.458 e. The summed E-state index contributed by atoms with van der Waals surface area (Å²) < 4.78 is 11.8. The maximum Gasteiger partial charge on any atom is 0.256 e.